The summed E-state index contributed by atoms with van der Waals surface area (Å²) in [5, 5.41) is 3.26. The van der Waals surface area contributed by atoms with Gasteiger partial charge in [-0.05, 0) is 19.9 Å². The smallest absolute Gasteiger partial charge is 0.0897 e. The molecular formula is C8H14N2S. The third kappa shape index (κ3) is 2.27. The van der Waals surface area contributed by atoms with Crippen molar-refractivity contribution in [1.29, 1.82) is 0 Å². The molecule has 62 valence electrons. The van der Waals surface area contributed by atoms with Crippen LogP contribution in [-0.2, 0) is 0 Å². The number of nitrogens with two attached hydrogens (primary N) is 1. The first-order valence-electron chi connectivity index (χ1n) is 3.86. The van der Waals surface area contributed by atoms with Crippen LogP contribution in [0.2, 0.25) is 0 Å². The van der Waals surface area contributed by atoms with Gasteiger partial charge in [-0.3, -0.25) is 0 Å². The molecule has 3 heteroatoms. The van der Waals surface area contributed by atoms with Gasteiger partial charge in [0.05, 0.1) is 10.7 Å². The number of aromatic nitrogens is 1. The lowest BCUT2D eigenvalue weighted by atomic mass is 10.1. The average Bonchev–Trinajstić information content (AvgIpc) is 2.36. The van der Waals surface area contributed by atoms with Gasteiger partial charge in [0.15, 0.2) is 0 Å². The molecule has 11 heavy (non-hydrogen) atoms. The maximum Gasteiger partial charge on any atom is 0.0897 e. The van der Waals surface area contributed by atoms with Crippen LogP contribution in [0, 0.1) is 6.92 Å². The standard InChI is InChI=1S/C8H14N2S/c1-6(3-4-9)8-5-11-7(2)10-8/h5-6H,3-4,9H2,1-2H3. The summed E-state index contributed by atoms with van der Waals surface area (Å²) < 4.78 is 0. The average molecular weight is 170 g/mol. The summed E-state index contributed by atoms with van der Waals surface area (Å²) in [6.45, 7) is 4.95. The molecule has 0 aromatic carbocycles. The largest absolute Gasteiger partial charge is 0.330 e. The third-order valence-electron chi connectivity index (χ3n) is 1.74. The summed E-state index contributed by atoms with van der Waals surface area (Å²) in [6, 6.07) is 0. The zero-order chi connectivity index (χ0) is 8.27. The van der Waals surface area contributed by atoms with E-state index in [2.05, 4.69) is 17.3 Å². The molecular weight excluding hydrogens is 156 g/mol. The van der Waals surface area contributed by atoms with E-state index in [0.717, 1.165) is 18.0 Å². The summed E-state index contributed by atoms with van der Waals surface area (Å²) in [5.74, 6) is 0.518. The van der Waals surface area contributed by atoms with E-state index in [1.54, 1.807) is 11.3 Å². The number of hydrogen-bond acceptors (Lipinski definition) is 3. The molecule has 0 bridgehead atoms. The fraction of sp³-hybridized carbons (Fsp3) is 0.625. The van der Waals surface area contributed by atoms with E-state index in [4.69, 9.17) is 5.73 Å². The molecule has 0 aliphatic rings. The highest BCUT2D eigenvalue weighted by Crippen LogP contribution is 2.19. The quantitative estimate of drug-likeness (QED) is 0.752. The minimum Gasteiger partial charge on any atom is -0.330 e. The van der Waals surface area contributed by atoms with E-state index in [0.29, 0.717) is 5.92 Å². The Hall–Kier alpha value is -0.410. The van der Waals surface area contributed by atoms with Crippen LogP contribution in [0.15, 0.2) is 5.38 Å². The van der Waals surface area contributed by atoms with Crippen LogP contribution in [0.1, 0.15) is 30.0 Å². The SMILES string of the molecule is Cc1nc(C(C)CCN)cs1. The van der Waals surface area contributed by atoms with Crippen molar-refractivity contribution in [2.75, 3.05) is 6.54 Å². The van der Waals surface area contributed by atoms with Gasteiger partial charge in [0, 0.05) is 11.3 Å². The molecule has 2 N–H and O–H groups in total. The van der Waals surface area contributed by atoms with Crippen LogP contribution in [0.4, 0.5) is 0 Å². The van der Waals surface area contributed by atoms with Gasteiger partial charge in [-0.1, -0.05) is 6.92 Å². The van der Waals surface area contributed by atoms with Crippen LogP contribution in [0.5, 0.6) is 0 Å². The summed E-state index contributed by atoms with van der Waals surface area (Å²) >= 11 is 1.71. The normalized spacial score (nSPS) is 13.4. The molecule has 0 spiro atoms. The van der Waals surface area contributed by atoms with E-state index in [9.17, 15) is 0 Å². The number of rotatable bonds is 3. The highest BCUT2D eigenvalue weighted by molar-refractivity contribution is 7.09. The van der Waals surface area contributed by atoms with Gasteiger partial charge in [-0.25, -0.2) is 4.98 Å². The zero-order valence-corrected chi connectivity index (χ0v) is 7.82. The lowest BCUT2D eigenvalue weighted by Crippen LogP contribution is -2.04. The van der Waals surface area contributed by atoms with Crippen LogP contribution in [0.3, 0.4) is 0 Å². The molecule has 1 rings (SSSR count). The van der Waals surface area contributed by atoms with Gasteiger partial charge in [-0.2, -0.15) is 0 Å². The molecule has 2 nitrogen and oxygen atoms in total. The highest BCUT2D eigenvalue weighted by Gasteiger charge is 2.06. The molecule has 1 unspecified atom stereocenters. The van der Waals surface area contributed by atoms with E-state index in [1.807, 2.05) is 6.92 Å². The Morgan fingerprint density at radius 2 is 2.45 bits per heavy atom. The van der Waals surface area contributed by atoms with Crippen LogP contribution < -0.4 is 5.73 Å². The van der Waals surface area contributed by atoms with Gasteiger partial charge in [-0.15, -0.1) is 11.3 Å². The number of hydrogen-bond donors (Lipinski definition) is 1. The summed E-state index contributed by atoms with van der Waals surface area (Å²) in [4.78, 5) is 4.39. The van der Waals surface area contributed by atoms with Crippen molar-refractivity contribution in [3.05, 3.63) is 16.1 Å². The molecule has 0 fully saturated rings. The van der Waals surface area contributed by atoms with Crippen LogP contribution in [0.25, 0.3) is 0 Å². The summed E-state index contributed by atoms with van der Waals surface area (Å²) in [7, 11) is 0. The Balaban J connectivity index is 2.60. The molecule has 1 aromatic rings. The van der Waals surface area contributed by atoms with Crippen molar-refractivity contribution in [3.63, 3.8) is 0 Å². The maximum absolute atomic E-state index is 5.45. The van der Waals surface area contributed by atoms with Gasteiger partial charge in [0.2, 0.25) is 0 Å². The van der Waals surface area contributed by atoms with Gasteiger partial charge >= 0.3 is 0 Å². The van der Waals surface area contributed by atoms with E-state index < -0.39 is 0 Å². The molecule has 0 amide bonds. The number of aryl methyl sites for hydroxylation is 1. The minimum atomic E-state index is 0.518. The fourth-order valence-corrected chi connectivity index (χ4v) is 1.74. The lowest BCUT2D eigenvalue weighted by Gasteiger charge is -2.04. The van der Waals surface area contributed by atoms with Crippen molar-refractivity contribution in [3.8, 4) is 0 Å². The predicted octanol–water partition coefficient (Wildman–Crippen LogP) is 1.90. The molecule has 0 saturated carbocycles. The molecule has 0 aliphatic heterocycles. The fourth-order valence-electron chi connectivity index (χ4n) is 1.00. The second-order valence-electron chi connectivity index (χ2n) is 2.77. The summed E-state index contributed by atoms with van der Waals surface area (Å²) in [5.41, 5.74) is 6.64. The Morgan fingerprint density at radius 1 is 1.73 bits per heavy atom. The molecule has 0 radical (unpaired) electrons. The molecule has 0 aliphatic carbocycles. The first-order valence-corrected chi connectivity index (χ1v) is 4.74. The first-order chi connectivity index (χ1) is 5.24. The van der Waals surface area contributed by atoms with E-state index >= 15 is 0 Å². The summed E-state index contributed by atoms with van der Waals surface area (Å²) in [6.07, 6.45) is 1.03. The second kappa shape index (κ2) is 3.83. The Bertz CT molecular complexity index is 220. The van der Waals surface area contributed by atoms with Crippen molar-refractivity contribution >= 4 is 11.3 Å². The number of thiazole rings is 1. The monoisotopic (exact) mass is 170 g/mol. The first kappa shape index (κ1) is 8.68. The molecule has 1 aromatic heterocycles. The van der Waals surface area contributed by atoms with Crippen molar-refractivity contribution < 1.29 is 0 Å². The van der Waals surface area contributed by atoms with Crippen molar-refractivity contribution in [2.45, 2.75) is 26.2 Å². The topological polar surface area (TPSA) is 38.9 Å². The van der Waals surface area contributed by atoms with Crippen molar-refractivity contribution in [2.24, 2.45) is 5.73 Å². The predicted molar refractivity (Wildman–Crippen MR) is 48.9 cm³/mol. The van der Waals surface area contributed by atoms with Crippen molar-refractivity contribution in [1.82, 2.24) is 4.98 Å². The Morgan fingerprint density at radius 3 is 2.91 bits per heavy atom. The molecule has 1 heterocycles. The number of nitrogens with zero attached hydrogens (tertiary/aromatic N) is 1. The third-order valence-corrected chi connectivity index (χ3v) is 2.53. The molecule has 0 saturated heterocycles. The van der Waals surface area contributed by atoms with Crippen LogP contribution >= 0.6 is 11.3 Å². The van der Waals surface area contributed by atoms with E-state index in [1.165, 1.54) is 5.69 Å². The second-order valence-corrected chi connectivity index (χ2v) is 3.83. The van der Waals surface area contributed by atoms with Crippen LogP contribution in [-0.4, -0.2) is 11.5 Å². The Labute approximate surface area is 71.5 Å². The molecule has 1 atom stereocenters. The lowest BCUT2D eigenvalue weighted by molar-refractivity contribution is 0.673. The maximum atomic E-state index is 5.45. The Kier molecular flexibility index (Phi) is 3.02. The van der Waals surface area contributed by atoms with Gasteiger partial charge < -0.3 is 5.73 Å². The zero-order valence-electron chi connectivity index (χ0n) is 7.00. The van der Waals surface area contributed by atoms with E-state index in [-0.39, 0.29) is 0 Å². The van der Waals surface area contributed by atoms with Gasteiger partial charge in [0.1, 0.15) is 0 Å². The minimum absolute atomic E-state index is 0.518. The van der Waals surface area contributed by atoms with Gasteiger partial charge in [0.25, 0.3) is 0 Å². The highest BCUT2D eigenvalue weighted by atomic mass is 32.1.